The Labute approximate surface area is 124 Å². The van der Waals surface area contributed by atoms with Crippen LogP contribution in [0.15, 0.2) is 36.5 Å². The highest BCUT2D eigenvalue weighted by atomic mass is 32.1. The first kappa shape index (κ1) is 15.2. The first-order chi connectivity index (χ1) is 9.83. The van der Waals surface area contributed by atoms with Crippen LogP contribution in [0.4, 0.5) is 0 Å². The fourth-order valence-corrected chi connectivity index (χ4v) is 3.02. The molecule has 0 fully saturated rings. The van der Waals surface area contributed by atoms with E-state index < -0.39 is 0 Å². The van der Waals surface area contributed by atoms with E-state index in [2.05, 4.69) is 29.4 Å². The van der Waals surface area contributed by atoms with E-state index in [1.54, 1.807) is 11.3 Å². The van der Waals surface area contributed by atoms with Gasteiger partial charge in [-0.1, -0.05) is 43.7 Å². The van der Waals surface area contributed by atoms with E-state index in [0.29, 0.717) is 5.92 Å². The molecule has 0 radical (unpaired) electrons. The number of hydrogen-bond acceptors (Lipinski definition) is 4. The van der Waals surface area contributed by atoms with Crippen LogP contribution in [0.1, 0.15) is 24.6 Å². The predicted octanol–water partition coefficient (Wildman–Crippen LogP) is 3.31. The highest BCUT2D eigenvalue weighted by molar-refractivity contribution is 7.15. The molecule has 1 atom stereocenters. The molecule has 1 unspecified atom stereocenters. The Morgan fingerprint density at radius 1 is 1.30 bits per heavy atom. The predicted molar refractivity (Wildman–Crippen MR) is 84.7 cm³/mol. The van der Waals surface area contributed by atoms with Crippen LogP contribution >= 0.6 is 11.3 Å². The molecule has 0 bridgehead atoms. The Morgan fingerprint density at radius 2 is 2.10 bits per heavy atom. The number of nitrogens with one attached hydrogen (secondary N) is 1. The molecule has 0 aliphatic rings. The van der Waals surface area contributed by atoms with Crippen molar-refractivity contribution in [1.29, 1.82) is 0 Å². The van der Waals surface area contributed by atoms with Crippen molar-refractivity contribution in [1.82, 2.24) is 10.3 Å². The molecule has 2 N–H and O–H groups in total. The average Bonchev–Trinajstić information content (AvgIpc) is 2.96. The second kappa shape index (κ2) is 8.15. The van der Waals surface area contributed by atoms with E-state index in [1.165, 1.54) is 10.4 Å². The zero-order chi connectivity index (χ0) is 14.2. The summed E-state index contributed by atoms with van der Waals surface area (Å²) in [4.78, 5) is 5.73. The maximum atomic E-state index is 8.98. The molecule has 0 amide bonds. The Kier molecular flexibility index (Phi) is 6.18. The van der Waals surface area contributed by atoms with Crippen LogP contribution in [0, 0.1) is 5.92 Å². The molecule has 20 heavy (non-hydrogen) atoms. The van der Waals surface area contributed by atoms with Gasteiger partial charge in [0.15, 0.2) is 0 Å². The molecule has 0 aliphatic carbocycles. The molecule has 2 rings (SSSR count). The minimum absolute atomic E-state index is 0.277. The number of aliphatic hydroxyl groups is 1. The van der Waals surface area contributed by atoms with Crippen molar-refractivity contribution in [3.63, 3.8) is 0 Å². The summed E-state index contributed by atoms with van der Waals surface area (Å²) >= 11 is 1.74. The molecule has 0 aliphatic heterocycles. The summed E-state index contributed by atoms with van der Waals surface area (Å²) in [5, 5.41) is 13.5. The standard InChI is InChI=1S/C16H22N2OS/c1-2-13(8-9-19)10-17-11-15-12-18-16(20-15)14-6-4-3-5-7-14/h3-7,12-13,17,19H,2,8-11H2,1H3. The van der Waals surface area contributed by atoms with Gasteiger partial charge in [0.2, 0.25) is 0 Å². The van der Waals surface area contributed by atoms with Crippen molar-refractivity contribution in [2.24, 2.45) is 5.92 Å². The first-order valence-corrected chi connectivity index (χ1v) is 7.96. The van der Waals surface area contributed by atoms with Gasteiger partial charge in [-0.2, -0.15) is 0 Å². The van der Waals surface area contributed by atoms with Crippen molar-refractivity contribution in [2.75, 3.05) is 13.2 Å². The van der Waals surface area contributed by atoms with Gasteiger partial charge in [-0.05, 0) is 18.9 Å². The van der Waals surface area contributed by atoms with Crippen LogP contribution in [0.2, 0.25) is 0 Å². The minimum Gasteiger partial charge on any atom is -0.396 e. The molecular weight excluding hydrogens is 268 g/mol. The number of aromatic nitrogens is 1. The van der Waals surface area contributed by atoms with Crippen molar-refractivity contribution in [3.05, 3.63) is 41.4 Å². The molecule has 0 saturated carbocycles. The van der Waals surface area contributed by atoms with Gasteiger partial charge in [0, 0.05) is 29.8 Å². The summed E-state index contributed by atoms with van der Waals surface area (Å²) < 4.78 is 0. The fraction of sp³-hybridized carbons (Fsp3) is 0.438. The van der Waals surface area contributed by atoms with Crippen molar-refractivity contribution in [3.8, 4) is 10.6 Å². The summed E-state index contributed by atoms with van der Waals surface area (Å²) in [5.41, 5.74) is 1.18. The highest BCUT2D eigenvalue weighted by Crippen LogP contribution is 2.24. The minimum atomic E-state index is 0.277. The highest BCUT2D eigenvalue weighted by Gasteiger charge is 2.07. The van der Waals surface area contributed by atoms with Crippen LogP contribution < -0.4 is 5.32 Å². The van der Waals surface area contributed by atoms with Crippen molar-refractivity contribution < 1.29 is 5.11 Å². The third kappa shape index (κ3) is 4.40. The van der Waals surface area contributed by atoms with Crippen molar-refractivity contribution in [2.45, 2.75) is 26.3 Å². The molecule has 1 aromatic carbocycles. The maximum Gasteiger partial charge on any atom is 0.123 e. The van der Waals surface area contributed by atoms with Crippen LogP contribution in [0.5, 0.6) is 0 Å². The number of hydrogen-bond donors (Lipinski definition) is 2. The van der Waals surface area contributed by atoms with Crippen LogP contribution in [-0.2, 0) is 6.54 Å². The summed E-state index contributed by atoms with van der Waals surface area (Å²) in [7, 11) is 0. The molecule has 4 heteroatoms. The Morgan fingerprint density at radius 3 is 2.80 bits per heavy atom. The lowest BCUT2D eigenvalue weighted by molar-refractivity contribution is 0.251. The van der Waals surface area contributed by atoms with Crippen LogP contribution in [0.25, 0.3) is 10.6 Å². The van der Waals surface area contributed by atoms with E-state index in [0.717, 1.165) is 30.9 Å². The zero-order valence-corrected chi connectivity index (χ0v) is 12.7. The van der Waals surface area contributed by atoms with Gasteiger partial charge in [-0.25, -0.2) is 4.98 Å². The molecule has 1 heterocycles. The largest absolute Gasteiger partial charge is 0.396 e. The average molecular weight is 290 g/mol. The molecule has 1 aromatic heterocycles. The summed E-state index contributed by atoms with van der Waals surface area (Å²) in [6.45, 7) is 4.25. The number of nitrogens with zero attached hydrogens (tertiary/aromatic N) is 1. The summed E-state index contributed by atoms with van der Waals surface area (Å²) in [5.74, 6) is 0.557. The SMILES string of the molecule is CCC(CCO)CNCc1cnc(-c2ccccc2)s1. The van der Waals surface area contributed by atoms with Crippen molar-refractivity contribution >= 4 is 11.3 Å². The third-order valence-corrected chi connectivity index (χ3v) is 4.47. The summed E-state index contributed by atoms with van der Waals surface area (Å²) in [6, 6.07) is 10.3. The van der Waals surface area contributed by atoms with Crippen LogP contribution in [-0.4, -0.2) is 23.2 Å². The lowest BCUT2D eigenvalue weighted by Gasteiger charge is -2.13. The Bertz CT molecular complexity index is 498. The number of rotatable bonds is 8. The normalized spacial score (nSPS) is 12.5. The third-order valence-electron chi connectivity index (χ3n) is 3.42. The molecule has 0 saturated heterocycles. The zero-order valence-electron chi connectivity index (χ0n) is 11.9. The number of thiazole rings is 1. The first-order valence-electron chi connectivity index (χ1n) is 7.15. The van der Waals surface area contributed by atoms with Gasteiger partial charge >= 0.3 is 0 Å². The molecule has 3 nitrogen and oxygen atoms in total. The molecule has 108 valence electrons. The van der Waals surface area contributed by atoms with E-state index >= 15 is 0 Å². The smallest absolute Gasteiger partial charge is 0.123 e. The summed E-state index contributed by atoms with van der Waals surface area (Å²) in [6.07, 6.45) is 3.93. The lowest BCUT2D eigenvalue weighted by Crippen LogP contribution is -2.22. The van der Waals surface area contributed by atoms with E-state index in [9.17, 15) is 0 Å². The van der Waals surface area contributed by atoms with Gasteiger partial charge in [-0.15, -0.1) is 11.3 Å². The van der Waals surface area contributed by atoms with Gasteiger partial charge in [-0.3, -0.25) is 0 Å². The number of benzene rings is 1. The topological polar surface area (TPSA) is 45.1 Å². The maximum absolute atomic E-state index is 8.98. The van der Waals surface area contributed by atoms with Gasteiger partial charge in [0.1, 0.15) is 5.01 Å². The van der Waals surface area contributed by atoms with Gasteiger partial charge in [0.25, 0.3) is 0 Å². The lowest BCUT2D eigenvalue weighted by atomic mass is 10.0. The fourth-order valence-electron chi connectivity index (χ4n) is 2.14. The van der Waals surface area contributed by atoms with E-state index in [1.807, 2.05) is 24.4 Å². The second-order valence-corrected chi connectivity index (χ2v) is 6.03. The monoisotopic (exact) mass is 290 g/mol. The quantitative estimate of drug-likeness (QED) is 0.784. The second-order valence-electron chi connectivity index (χ2n) is 4.92. The van der Waals surface area contributed by atoms with E-state index in [4.69, 9.17) is 5.11 Å². The molecule has 2 aromatic rings. The van der Waals surface area contributed by atoms with E-state index in [-0.39, 0.29) is 6.61 Å². The van der Waals surface area contributed by atoms with Crippen LogP contribution in [0.3, 0.4) is 0 Å². The molecule has 0 spiro atoms. The van der Waals surface area contributed by atoms with Gasteiger partial charge in [0.05, 0.1) is 0 Å². The van der Waals surface area contributed by atoms with Gasteiger partial charge < -0.3 is 10.4 Å². The molecular formula is C16H22N2OS. The Balaban J connectivity index is 1.84. The Hall–Kier alpha value is -1.23. The number of aliphatic hydroxyl groups excluding tert-OH is 1.